The van der Waals surface area contributed by atoms with E-state index in [1.165, 1.54) is 0 Å². The van der Waals surface area contributed by atoms with Gasteiger partial charge in [0, 0.05) is 19.6 Å². The zero-order valence-electron chi connectivity index (χ0n) is 12.1. The molecule has 0 aromatic heterocycles. The average molecular weight is 296 g/mol. The highest BCUT2D eigenvalue weighted by Gasteiger charge is 2.27. The molecule has 0 radical (unpaired) electrons. The van der Waals surface area contributed by atoms with Gasteiger partial charge >= 0.3 is 0 Å². The lowest BCUT2D eigenvalue weighted by molar-refractivity contribution is 0.346. The second-order valence-corrected chi connectivity index (χ2v) is 7.16. The Bertz CT molecular complexity index is 522. The van der Waals surface area contributed by atoms with Crippen molar-refractivity contribution in [3.8, 4) is 0 Å². The van der Waals surface area contributed by atoms with Gasteiger partial charge in [0.05, 0.1) is 4.90 Å². The van der Waals surface area contributed by atoms with Gasteiger partial charge in [-0.3, -0.25) is 0 Å². The number of nitrogens with zero attached hydrogens (tertiary/aromatic N) is 1. The van der Waals surface area contributed by atoms with Gasteiger partial charge in [0.15, 0.2) is 0 Å². The maximum absolute atomic E-state index is 12.7. The van der Waals surface area contributed by atoms with Crippen molar-refractivity contribution in [3.63, 3.8) is 0 Å². The second kappa shape index (κ2) is 7.20. The average Bonchev–Trinajstić information content (AvgIpc) is 2.49. The number of hydrogen-bond donors (Lipinski definition) is 1. The number of hydrogen-bond acceptors (Lipinski definition) is 3. The smallest absolute Gasteiger partial charge is 0.243 e. The largest absolute Gasteiger partial charge is 0.313 e. The molecule has 1 N–H and O–H groups in total. The highest BCUT2D eigenvalue weighted by molar-refractivity contribution is 7.89. The minimum Gasteiger partial charge on any atom is -0.313 e. The molecule has 1 fully saturated rings. The lowest BCUT2D eigenvalue weighted by atomic mass is 10.2. The van der Waals surface area contributed by atoms with Gasteiger partial charge in [-0.1, -0.05) is 31.5 Å². The zero-order chi connectivity index (χ0) is 14.4. The molecule has 4 nitrogen and oxygen atoms in total. The van der Waals surface area contributed by atoms with Crippen LogP contribution >= 0.6 is 0 Å². The Morgan fingerprint density at radius 1 is 1.15 bits per heavy atom. The van der Waals surface area contributed by atoms with Gasteiger partial charge in [-0.15, -0.1) is 0 Å². The molecule has 1 saturated heterocycles. The van der Waals surface area contributed by atoms with Crippen molar-refractivity contribution in [2.24, 2.45) is 0 Å². The van der Waals surface area contributed by atoms with Crippen LogP contribution in [0.5, 0.6) is 0 Å². The molecule has 1 aromatic carbocycles. The molecule has 0 bridgehead atoms. The van der Waals surface area contributed by atoms with Gasteiger partial charge in [-0.25, -0.2) is 8.42 Å². The molecule has 0 atom stereocenters. The van der Waals surface area contributed by atoms with Crippen LogP contribution in [-0.2, 0) is 16.6 Å². The van der Waals surface area contributed by atoms with Crippen LogP contribution < -0.4 is 5.32 Å². The van der Waals surface area contributed by atoms with E-state index in [-0.39, 0.29) is 0 Å². The molecule has 0 saturated carbocycles. The fourth-order valence-electron chi connectivity index (χ4n) is 2.55. The fourth-order valence-corrected chi connectivity index (χ4v) is 4.28. The lowest BCUT2D eigenvalue weighted by Gasteiger charge is -2.26. The van der Waals surface area contributed by atoms with Crippen LogP contribution in [0.3, 0.4) is 0 Å². The minimum atomic E-state index is -3.34. The summed E-state index contributed by atoms with van der Waals surface area (Å²) < 4.78 is 27.1. The van der Waals surface area contributed by atoms with E-state index in [1.54, 1.807) is 16.4 Å². The van der Waals surface area contributed by atoms with E-state index >= 15 is 0 Å². The van der Waals surface area contributed by atoms with Crippen LogP contribution in [0.25, 0.3) is 0 Å². The third-order valence-electron chi connectivity index (χ3n) is 3.65. The van der Waals surface area contributed by atoms with E-state index in [2.05, 4.69) is 12.2 Å². The summed E-state index contributed by atoms with van der Waals surface area (Å²) in [6.45, 7) is 4.91. The quantitative estimate of drug-likeness (QED) is 0.820. The van der Waals surface area contributed by atoms with Crippen molar-refractivity contribution in [1.82, 2.24) is 9.62 Å². The van der Waals surface area contributed by atoms with E-state index in [0.29, 0.717) is 24.5 Å². The van der Waals surface area contributed by atoms with Gasteiger partial charge < -0.3 is 5.32 Å². The first kappa shape index (κ1) is 15.5. The van der Waals surface area contributed by atoms with Gasteiger partial charge in [-0.2, -0.15) is 4.31 Å². The summed E-state index contributed by atoms with van der Waals surface area (Å²) in [7, 11) is -3.34. The van der Waals surface area contributed by atoms with Crippen molar-refractivity contribution in [2.75, 3.05) is 19.6 Å². The van der Waals surface area contributed by atoms with Crippen molar-refractivity contribution in [3.05, 3.63) is 29.8 Å². The van der Waals surface area contributed by atoms with Crippen LogP contribution in [0.2, 0.25) is 0 Å². The molecule has 112 valence electrons. The Labute approximate surface area is 122 Å². The molecule has 2 rings (SSSR count). The van der Waals surface area contributed by atoms with Crippen LogP contribution in [0, 0.1) is 0 Å². The molecule has 1 aromatic rings. The molecule has 20 heavy (non-hydrogen) atoms. The van der Waals surface area contributed by atoms with Crippen molar-refractivity contribution < 1.29 is 8.42 Å². The normalized spacial score (nSPS) is 17.2. The van der Waals surface area contributed by atoms with E-state index in [9.17, 15) is 8.42 Å². The first-order chi connectivity index (χ1) is 9.66. The summed E-state index contributed by atoms with van der Waals surface area (Å²) in [4.78, 5) is 0.463. The SMILES string of the molecule is CCCNCc1ccccc1S(=O)(=O)N1CCCCC1. The Morgan fingerprint density at radius 3 is 2.55 bits per heavy atom. The van der Waals surface area contributed by atoms with Crippen molar-refractivity contribution in [2.45, 2.75) is 44.0 Å². The molecular formula is C15H24N2O2S. The summed E-state index contributed by atoms with van der Waals surface area (Å²) in [5.41, 5.74) is 0.867. The summed E-state index contributed by atoms with van der Waals surface area (Å²) in [5.74, 6) is 0. The third-order valence-corrected chi connectivity index (χ3v) is 5.65. The maximum atomic E-state index is 12.7. The number of sulfonamides is 1. The summed E-state index contributed by atoms with van der Waals surface area (Å²) in [6, 6.07) is 7.34. The highest BCUT2D eigenvalue weighted by Crippen LogP contribution is 2.23. The molecule has 1 aliphatic rings. The molecule has 0 aliphatic carbocycles. The van der Waals surface area contributed by atoms with Crippen LogP contribution in [0.1, 0.15) is 38.2 Å². The predicted molar refractivity (Wildman–Crippen MR) is 81.0 cm³/mol. The maximum Gasteiger partial charge on any atom is 0.243 e. The van der Waals surface area contributed by atoms with E-state index in [1.807, 2.05) is 12.1 Å². The van der Waals surface area contributed by atoms with Crippen molar-refractivity contribution in [1.29, 1.82) is 0 Å². The van der Waals surface area contributed by atoms with Crippen LogP contribution in [0.4, 0.5) is 0 Å². The predicted octanol–water partition coefficient (Wildman–Crippen LogP) is 2.36. The molecule has 0 amide bonds. The Morgan fingerprint density at radius 2 is 1.85 bits per heavy atom. The number of rotatable bonds is 6. The Balaban J connectivity index is 2.21. The van der Waals surface area contributed by atoms with Crippen LogP contribution in [-0.4, -0.2) is 32.4 Å². The van der Waals surface area contributed by atoms with Crippen LogP contribution in [0.15, 0.2) is 29.2 Å². The molecule has 0 unspecified atom stereocenters. The van der Waals surface area contributed by atoms with Gasteiger partial charge in [0.2, 0.25) is 10.0 Å². The Kier molecular flexibility index (Phi) is 5.57. The fraction of sp³-hybridized carbons (Fsp3) is 0.600. The zero-order valence-corrected chi connectivity index (χ0v) is 13.0. The summed E-state index contributed by atoms with van der Waals surface area (Å²) in [5, 5.41) is 3.28. The minimum absolute atomic E-state index is 0.463. The van der Waals surface area contributed by atoms with Gasteiger partial charge in [0.1, 0.15) is 0 Å². The van der Waals surface area contributed by atoms with E-state index in [4.69, 9.17) is 0 Å². The van der Waals surface area contributed by atoms with E-state index in [0.717, 1.165) is 37.8 Å². The summed E-state index contributed by atoms with van der Waals surface area (Å²) in [6.07, 6.45) is 4.11. The highest BCUT2D eigenvalue weighted by atomic mass is 32.2. The first-order valence-electron chi connectivity index (χ1n) is 7.45. The number of benzene rings is 1. The first-order valence-corrected chi connectivity index (χ1v) is 8.89. The lowest BCUT2D eigenvalue weighted by Crippen LogP contribution is -2.36. The topological polar surface area (TPSA) is 49.4 Å². The monoisotopic (exact) mass is 296 g/mol. The molecule has 5 heteroatoms. The third kappa shape index (κ3) is 3.59. The second-order valence-electron chi connectivity index (χ2n) is 5.25. The molecule has 1 heterocycles. The molecule has 0 spiro atoms. The van der Waals surface area contributed by atoms with Gasteiger partial charge in [-0.05, 0) is 37.4 Å². The molecule has 1 aliphatic heterocycles. The number of nitrogens with one attached hydrogen (secondary N) is 1. The molecular weight excluding hydrogens is 272 g/mol. The van der Waals surface area contributed by atoms with E-state index < -0.39 is 10.0 Å². The van der Waals surface area contributed by atoms with Gasteiger partial charge in [0.25, 0.3) is 0 Å². The van der Waals surface area contributed by atoms with Crippen molar-refractivity contribution >= 4 is 10.0 Å². The Hall–Kier alpha value is -0.910. The standard InChI is InChI=1S/C15H24N2O2S/c1-2-10-16-13-14-8-4-5-9-15(14)20(18,19)17-11-6-3-7-12-17/h4-5,8-9,16H,2-3,6-7,10-13H2,1H3. The summed E-state index contributed by atoms with van der Waals surface area (Å²) >= 11 is 0. The number of piperidine rings is 1.